The molecule has 3 heteroatoms. The maximum atomic E-state index is 12.8. The van der Waals surface area contributed by atoms with Crippen LogP contribution >= 0.6 is 0 Å². The second kappa shape index (κ2) is 6.94. The summed E-state index contributed by atoms with van der Waals surface area (Å²) in [6.07, 6.45) is 0. The number of halogens is 1. The largest absolute Gasteiger partial charge is 0.381 e. The quantitative estimate of drug-likeness (QED) is 0.844. The van der Waals surface area contributed by atoms with E-state index in [0.717, 1.165) is 24.3 Å². The molecule has 2 rings (SSSR count). The molecule has 0 aliphatic rings. The first-order valence-electron chi connectivity index (χ1n) is 7.06. The fourth-order valence-corrected chi connectivity index (χ4v) is 2.19. The lowest BCUT2D eigenvalue weighted by molar-refractivity contribution is 0.627. The first-order valence-corrected chi connectivity index (χ1v) is 7.06. The minimum atomic E-state index is -0.197. The van der Waals surface area contributed by atoms with Crippen molar-refractivity contribution >= 4 is 11.4 Å². The summed E-state index contributed by atoms with van der Waals surface area (Å²) >= 11 is 0. The highest BCUT2D eigenvalue weighted by Crippen LogP contribution is 2.18. The van der Waals surface area contributed by atoms with Gasteiger partial charge in [-0.25, -0.2) is 4.39 Å². The topological polar surface area (TPSA) is 15.3 Å². The monoisotopic (exact) mass is 272 g/mol. The van der Waals surface area contributed by atoms with E-state index in [9.17, 15) is 4.39 Å². The molecular weight excluding hydrogens is 251 g/mol. The Labute approximate surface area is 120 Å². The minimum Gasteiger partial charge on any atom is -0.381 e. The summed E-state index contributed by atoms with van der Waals surface area (Å²) in [7, 11) is 0. The van der Waals surface area contributed by atoms with E-state index in [1.165, 1.54) is 17.8 Å². The van der Waals surface area contributed by atoms with Crippen molar-refractivity contribution in [3.8, 4) is 0 Å². The van der Waals surface area contributed by atoms with Gasteiger partial charge in [0.05, 0.1) is 0 Å². The molecule has 0 atom stereocenters. The van der Waals surface area contributed by atoms with E-state index in [2.05, 4.69) is 48.3 Å². The molecule has 0 radical (unpaired) electrons. The normalized spacial score (nSPS) is 10.3. The van der Waals surface area contributed by atoms with Crippen LogP contribution in [0.15, 0.2) is 48.5 Å². The predicted octanol–water partition coefficient (Wildman–Crippen LogP) is 4.28. The van der Waals surface area contributed by atoms with Gasteiger partial charge in [-0.15, -0.1) is 0 Å². The highest BCUT2D eigenvalue weighted by Gasteiger charge is 2.01. The molecular formula is C17H21FN2. The molecule has 0 unspecified atom stereocenters. The molecule has 20 heavy (non-hydrogen) atoms. The predicted molar refractivity (Wildman–Crippen MR) is 83.7 cm³/mol. The third-order valence-corrected chi connectivity index (χ3v) is 3.41. The van der Waals surface area contributed by atoms with E-state index < -0.39 is 0 Å². The van der Waals surface area contributed by atoms with Gasteiger partial charge in [0.15, 0.2) is 0 Å². The zero-order valence-electron chi connectivity index (χ0n) is 12.1. The number of anilines is 2. The lowest BCUT2D eigenvalue weighted by Gasteiger charge is -2.21. The molecule has 2 aromatic rings. The molecule has 0 fully saturated rings. The van der Waals surface area contributed by atoms with Crippen molar-refractivity contribution in [3.05, 3.63) is 59.9 Å². The number of hydrogen-bond donors (Lipinski definition) is 1. The maximum absolute atomic E-state index is 12.8. The SMILES string of the molecule is CCN(CC)c1ccc(NCc2ccc(F)cc2)cc1. The molecule has 2 aromatic carbocycles. The third kappa shape index (κ3) is 3.73. The van der Waals surface area contributed by atoms with Gasteiger partial charge < -0.3 is 10.2 Å². The Balaban J connectivity index is 1.95. The Morgan fingerprint density at radius 2 is 1.50 bits per heavy atom. The van der Waals surface area contributed by atoms with Crippen molar-refractivity contribution in [3.63, 3.8) is 0 Å². The van der Waals surface area contributed by atoms with Crippen molar-refractivity contribution in [1.29, 1.82) is 0 Å². The van der Waals surface area contributed by atoms with Gasteiger partial charge in [-0.3, -0.25) is 0 Å². The van der Waals surface area contributed by atoms with Crippen LogP contribution in [0, 0.1) is 5.82 Å². The van der Waals surface area contributed by atoms with Crippen LogP contribution in [-0.2, 0) is 6.54 Å². The number of rotatable bonds is 6. The van der Waals surface area contributed by atoms with Crippen molar-refractivity contribution in [2.45, 2.75) is 20.4 Å². The Morgan fingerprint density at radius 1 is 0.900 bits per heavy atom. The number of nitrogens with one attached hydrogen (secondary N) is 1. The zero-order chi connectivity index (χ0) is 14.4. The lowest BCUT2D eigenvalue weighted by atomic mass is 10.2. The molecule has 0 aromatic heterocycles. The molecule has 0 amide bonds. The highest BCUT2D eigenvalue weighted by molar-refractivity contribution is 5.55. The average Bonchev–Trinajstić information content (AvgIpc) is 2.49. The van der Waals surface area contributed by atoms with Gasteiger partial charge in [-0.05, 0) is 55.8 Å². The summed E-state index contributed by atoms with van der Waals surface area (Å²) in [6.45, 7) is 7.04. The van der Waals surface area contributed by atoms with E-state index in [1.807, 2.05) is 0 Å². The number of nitrogens with zero attached hydrogens (tertiary/aromatic N) is 1. The Morgan fingerprint density at radius 3 is 2.05 bits per heavy atom. The van der Waals surface area contributed by atoms with Gasteiger partial charge in [-0.2, -0.15) is 0 Å². The molecule has 0 aliphatic carbocycles. The minimum absolute atomic E-state index is 0.197. The maximum Gasteiger partial charge on any atom is 0.123 e. The number of hydrogen-bond acceptors (Lipinski definition) is 2. The number of benzene rings is 2. The molecule has 0 heterocycles. The summed E-state index contributed by atoms with van der Waals surface area (Å²) in [5.74, 6) is -0.197. The fraction of sp³-hybridized carbons (Fsp3) is 0.294. The van der Waals surface area contributed by atoms with Gasteiger partial charge in [0.2, 0.25) is 0 Å². The van der Waals surface area contributed by atoms with E-state index in [4.69, 9.17) is 0 Å². The summed E-state index contributed by atoms with van der Waals surface area (Å²) in [4.78, 5) is 2.31. The van der Waals surface area contributed by atoms with Crippen LogP contribution in [0.25, 0.3) is 0 Å². The Bertz CT molecular complexity index is 516. The molecule has 0 saturated heterocycles. The van der Waals surface area contributed by atoms with Crippen LogP contribution in [0.2, 0.25) is 0 Å². The second-order valence-corrected chi connectivity index (χ2v) is 4.70. The van der Waals surface area contributed by atoms with E-state index in [1.54, 1.807) is 12.1 Å². The van der Waals surface area contributed by atoms with Crippen LogP contribution in [0.4, 0.5) is 15.8 Å². The Hall–Kier alpha value is -2.03. The van der Waals surface area contributed by atoms with Crippen molar-refractivity contribution in [1.82, 2.24) is 0 Å². The molecule has 0 spiro atoms. The summed E-state index contributed by atoms with van der Waals surface area (Å²) in [6, 6.07) is 15.0. The summed E-state index contributed by atoms with van der Waals surface area (Å²) in [5.41, 5.74) is 3.38. The van der Waals surface area contributed by atoms with Crippen LogP contribution in [0.1, 0.15) is 19.4 Å². The lowest BCUT2D eigenvalue weighted by Crippen LogP contribution is -2.21. The molecule has 0 saturated carbocycles. The summed E-state index contributed by atoms with van der Waals surface area (Å²) < 4.78 is 12.8. The first kappa shape index (κ1) is 14.4. The molecule has 1 N–H and O–H groups in total. The third-order valence-electron chi connectivity index (χ3n) is 3.41. The van der Waals surface area contributed by atoms with Crippen LogP contribution in [0.5, 0.6) is 0 Å². The first-order chi connectivity index (χ1) is 9.72. The smallest absolute Gasteiger partial charge is 0.123 e. The van der Waals surface area contributed by atoms with Gasteiger partial charge >= 0.3 is 0 Å². The van der Waals surface area contributed by atoms with Gasteiger partial charge in [0.1, 0.15) is 5.82 Å². The van der Waals surface area contributed by atoms with E-state index in [-0.39, 0.29) is 5.82 Å². The van der Waals surface area contributed by atoms with Crippen LogP contribution < -0.4 is 10.2 Å². The van der Waals surface area contributed by atoms with Crippen molar-refractivity contribution in [2.75, 3.05) is 23.3 Å². The fourth-order valence-electron chi connectivity index (χ4n) is 2.19. The summed E-state index contributed by atoms with van der Waals surface area (Å²) in [5, 5.41) is 3.34. The van der Waals surface area contributed by atoms with Gasteiger partial charge in [0, 0.05) is 31.0 Å². The molecule has 106 valence electrons. The van der Waals surface area contributed by atoms with Crippen LogP contribution in [-0.4, -0.2) is 13.1 Å². The van der Waals surface area contributed by atoms with E-state index >= 15 is 0 Å². The standard InChI is InChI=1S/C17H21FN2/c1-3-20(4-2)17-11-9-16(10-12-17)19-13-14-5-7-15(18)8-6-14/h5-12,19H,3-4,13H2,1-2H3. The van der Waals surface area contributed by atoms with Crippen molar-refractivity contribution in [2.24, 2.45) is 0 Å². The van der Waals surface area contributed by atoms with Gasteiger partial charge in [-0.1, -0.05) is 12.1 Å². The average molecular weight is 272 g/mol. The van der Waals surface area contributed by atoms with Gasteiger partial charge in [0.25, 0.3) is 0 Å². The molecule has 2 nitrogen and oxygen atoms in total. The van der Waals surface area contributed by atoms with Crippen molar-refractivity contribution < 1.29 is 4.39 Å². The highest BCUT2D eigenvalue weighted by atomic mass is 19.1. The molecule has 0 aliphatic heterocycles. The zero-order valence-corrected chi connectivity index (χ0v) is 12.1. The second-order valence-electron chi connectivity index (χ2n) is 4.70. The Kier molecular flexibility index (Phi) is 4.99. The van der Waals surface area contributed by atoms with E-state index in [0.29, 0.717) is 6.54 Å². The molecule has 0 bridgehead atoms. The van der Waals surface area contributed by atoms with Crippen LogP contribution in [0.3, 0.4) is 0 Å².